The van der Waals surface area contributed by atoms with Crippen LogP contribution in [-0.4, -0.2) is 67.8 Å². The highest BCUT2D eigenvalue weighted by atomic mass is 16.7. The van der Waals surface area contributed by atoms with Crippen LogP contribution in [0.15, 0.2) is 24.3 Å². The second kappa shape index (κ2) is 12.1. The van der Waals surface area contributed by atoms with Crippen molar-refractivity contribution in [2.24, 2.45) is 0 Å². The van der Waals surface area contributed by atoms with Crippen LogP contribution in [-0.2, 0) is 47.6 Å². The lowest BCUT2D eigenvalue weighted by molar-refractivity contribution is -0.306. The molecule has 1 rings (SSSR count). The van der Waals surface area contributed by atoms with Crippen molar-refractivity contribution in [2.75, 3.05) is 13.2 Å². The summed E-state index contributed by atoms with van der Waals surface area (Å²) >= 11 is 0. The summed E-state index contributed by atoms with van der Waals surface area (Å²) < 4.78 is 32.4. The quantitative estimate of drug-likeness (QED) is 0.301. The molecule has 10 nitrogen and oxygen atoms in total. The van der Waals surface area contributed by atoms with E-state index in [0.29, 0.717) is 0 Å². The maximum Gasteiger partial charge on any atom is 0.303 e. The number of hydrogen-bond donors (Lipinski definition) is 0. The molecule has 0 aliphatic carbocycles. The molecular formula is C20H28O10. The van der Waals surface area contributed by atoms with Gasteiger partial charge in [0.25, 0.3) is 0 Å². The summed E-state index contributed by atoms with van der Waals surface area (Å²) in [6, 6.07) is 0. The molecule has 1 heterocycles. The van der Waals surface area contributed by atoms with Crippen molar-refractivity contribution in [1.82, 2.24) is 0 Å². The monoisotopic (exact) mass is 428 g/mol. The smallest absolute Gasteiger partial charge is 0.303 e. The Hall–Kier alpha value is -2.72. The van der Waals surface area contributed by atoms with E-state index in [4.69, 9.17) is 28.4 Å². The number of carbonyl (C=O) groups is 4. The van der Waals surface area contributed by atoms with Crippen LogP contribution >= 0.6 is 0 Å². The third-order valence-electron chi connectivity index (χ3n) is 3.83. The molecular weight excluding hydrogens is 400 g/mol. The summed E-state index contributed by atoms with van der Waals surface area (Å²) in [6.45, 7) is 9.83. The second-order valence-electron chi connectivity index (χ2n) is 6.63. The Balaban J connectivity index is 3.28. The van der Waals surface area contributed by atoms with Crippen LogP contribution in [0, 0.1) is 0 Å². The molecule has 0 radical (unpaired) electrons. The lowest BCUT2D eigenvalue weighted by Crippen LogP contribution is -2.63. The Kier molecular flexibility index (Phi) is 10.2. The second-order valence-corrected chi connectivity index (χ2v) is 6.63. The van der Waals surface area contributed by atoms with Crippen molar-refractivity contribution in [3.8, 4) is 0 Å². The van der Waals surface area contributed by atoms with Crippen LogP contribution in [0.5, 0.6) is 0 Å². The lowest BCUT2D eigenvalue weighted by atomic mass is 9.98. The fourth-order valence-corrected chi connectivity index (χ4v) is 2.79. The first-order valence-corrected chi connectivity index (χ1v) is 9.25. The Morgan fingerprint density at radius 1 is 0.833 bits per heavy atom. The Morgan fingerprint density at radius 2 is 1.37 bits per heavy atom. The van der Waals surface area contributed by atoms with E-state index < -0.39 is 54.6 Å². The zero-order chi connectivity index (χ0) is 22.8. The molecule has 0 aromatic carbocycles. The average molecular weight is 428 g/mol. The fraction of sp³-hybridized carbons (Fsp3) is 0.600. The molecule has 0 unspecified atom stereocenters. The van der Waals surface area contributed by atoms with Crippen LogP contribution in [0.4, 0.5) is 0 Å². The number of rotatable bonds is 9. The van der Waals surface area contributed by atoms with Gasteiger partial charge < -0.3 is 28.4 Å². The molecule has 1 fully saturated rings. The minimum Gasteiger partial charge on any atom is -0.463 e. The van der Waals surface area contributed by atoms with E-state index in [0.717, 1.165) is 26.3 Å². The highest BCUT2D eigenvalue weighted by Crippen LogP contribution is 2.30. The topological polar surface area (TPSA) is 124 Å². The van der Waals surface area contributed by atoms with E-state index >= 15 is 0 Å². The molecule has 0 saturated carbocycles. The standard InChI is InChI=1S/C20H28O10/c1-7-8-11(2)9-26-20-19(29-15(6)24)18(28-14(5)23)17(27-13(4)22)16(30-20)10-25-12(3)21/h7-8,16-20H,1,9-10H2,2-6H3/b11-8+/t16-,17-,18+,19-,20-/m1/s1. The molecule has 30 heavy (non-hydrogen) atoms. The third kappa shape index (κ3) is 8.34. The first-order valence-electron chi connectivity index (χ1n) is 9.25. The van der Waals surface area contributed by atoms with Crippen LogP contribution in [0.2, 0.25) is 0 Å². The molecule has 1 aliphatic rings. The van der Waals surface area contributed by atoms with Crippen LogP contribution in [0.25, 0.3) is 0 Å². The molecule has 0 spiro atoms. The predicted octanol–water partition coefficient (Wildman–Crippen LogP) is 1.22. The van der Waals surface area contributed by atoms with Gasteiger partial charge in [-0.05, 0) is 12.5 Å². The van der Waals surface area contributed by atoms with Gasteiger partial charge >= 0.3 is 23.9 Å². The normalized spacial score (nSPS) is 26.3. The molecule has 1 aliphatic heterocycles. The maximum absolute atomic E-state index is 11.7. The Morgan fingerprint density at radius 3 is 1.87 bits per heavy atom. The van der Waals surface area contributed by atoms with Gasteiger partial charge in [0.05, 0.1) is 6.61 Å². The van der Waals surface area contributed by atoms with Gasteiger partial charge in [0.1, 0.15) is 12.7 Å². The van der Waals surface area contributed by atoms with Gasteiger partial charge in [-0.15, -0.1) is 0 Å². The van der Waals surface area contributed by atoms with Gasteiger partial charge in [0.2, 0.25) is 0 Å². The molecule has 0 bridgehead atoms. The SMILES string of the molecule is C=C/C=C(\C)CO[C@@H]1O[C@H](COC(C)=O)[C@@H](OC(C)=O)[C@H](OC(C)=O)[C@H]1OC(C)=O. The summed E-state index contributed by atoms with van der Waals surface area (Å²) in [7, 11) is 0. The van der Waals surface area contributed by atoms with Crippen molar-refractivity contribution < 1.29 is 47.6 Å². The summed E-state index contributed by atoms with van der Waals surface area (Å²) in [5, 5.41) is 0. The van der Waals surface area contributed by atoms with Gasteiger partial charge in [-0.25, -0.2) is 0 Å². The van der Waals surface area contributed by atoms with Gasteiger partial charge in [0.15, 0.2) is 24.6 Å². The number of allylic oxidation sites excluding steroid dienone is 2. The molecule has 0 aromatic rings. The average Bonchev–Trinajstić information content (AvgIpc) is 2.61. The minimum absolute atomic E-state index is 0.0831. The molecule has 0 amide bonds. The van der Waals surface area contributed by atoms with E-state index in [9.17, 15) is 19.2 Å². The Bertz CT molecular complexity index is 683. The molecule has 0 aromatic heterocycles. The van der Waals surface area contributed by atoms with Crippen molar-refractivity contribution >= 4 is 23.9 Å². The van der Waals surface area contributed by atoms with Gasteiger partial charge in [-0.1, -0.05) is 18.7 Å². The maximum atomic E-state index is 11.7. The van der Waals surface area contributed by atoms with E-state index in [1.165, 1.54) is 6.92 Å². The molecule has 10 heteroatoms. The first kappa shape index (κ1) is 25.3. The highest BCUT2D eigenvalue weighted by molar-refractivity contribution is 5.68. The van der Waals surface area contributed by atoms with Crippen molar-refractivity contribution in [2.45, 2.75) is 65.3 Å². The summed E-state index contributed by atoms with van der Waals surface area (Å²) in [5.41, 5.74) is 0.790. The van der Waals surface area contributed by atoms with Crippen LogP contribution in [0.3, 0.4) is 0 Å². The largest absolute Gasteiger partial charge is 0.463 e. The summed E-state index contributed by atoms with van der Waals surface area (Å²) in [6.07, 6.45) is -2.64. The zero-order valence-corrected chi connectivity index (χ0v) is 17.7. The van der Waals surface area contributed by atoms with Crippen LogP contribution in [0.1, 0.15) is 34.6 Å². The summed E-state index contributed by atoms with van der Waals surface area (Å²) in [4.78, 5) is 46.3. The van der Waals surface area contributed by atoms with Crippen LogP contribution < -0.4 is 0 Å². The summed E-state index contributed by atoms with van der Waals surface area (Å²) in [5.74, 6) is -2.68. The fourth-order valence-electron chi connectivity index (χ4n) is 2.79. The number of carbonyl (C=O) groups excluding carboxylic acids is 4. The van der Waals surface area contributed by atoms with E-state index in [1.807, 2.05) is 0 Å². The van der Waals surface area contributed by atoms with E-state index in [-0.39, 0.29) is 13.2 Å². The van der Waals surface area contributed by atoms with Crippen molar-refractivity contribution in [1.29, 1.82) is 0 Å². The van der Waals surface area contributed by atoms with E-state index in [1.54, 1.807) is 19.1 Å². The van der Waals surface area contributed by atoms with Gasteiger partial charge in [-0.2, -0.15) is 0 Å². The van der Waals surface area contributed by atoms with Crippen molar-refractivity contribution in [3.05, 3.63) is 24.3 Å². The molecule has 1 saturated heterocycles. The minimum atomic E-state index is -1.25. The lowest BCUT2D eigenvalue weighted by Gasteiger charge is -2.44. The molecule has 0 N–H and O–H groups in total. The van der Waals surface area contributed by atoms with Crippen molar-refractivity contribution in [3.63, 3.8) is 0 Å². The number of esters is 4. The predicted molar refractivity (Wildman–Crippen MR) is 102 cm³/mol. The Labute approximate surface area is 175 Å². The molecule has 168 valence electrons. The van der Waals surface area contributed by atoms with Gasteiger partial charge in [-0.3, -0.25) is 19.2 Å². The van der Waals surface area contributed by atoms with E-state index in [2.05, 4.69) is 6.58 Å². The van der Waals surface area contributed by atoms with Gasteiger partial charge in [0, 0.05) is 27.7 Å². The number of ether oxygens (including phenoxy) is 6. The zero-order valence-electron chi connectivity index (χ0n) is 17.7. The third-order valence-corrected chi connectivity index (χ3v) is 3.83. The molecule has 5 atom stereocenters. The first-order chi connectivity index (χ1) is 14.0. The number of hydrogen-bond acceptors (Lipinski definition) is 10. The highest BCUT2D eigenvalue weighted by Gasteiger charge is 2.52.